The average molecular weight is 369 g/mol. The lowest BCUT2D eigenvalue weighted by atomic mass is 9.52. The zero-order valence-electron chi connectivity index (χ0n) is 16.8. The molecule has 0 aromatic heterocycles. The summed E-state index contributed by atoms with van der Waals surface area (Å²) >= 11 is 0. The minimum absolute atomic E-state index is 0.130. The van der Waals surface area contributed by atoms with Crippen LogP contribution in [0.2, 0.25) is 0 Å². The Labute approximate surface area is 164 Å². The second-order valence-electron chi connectivity index (χ2n) is 11.1. The molecule has 0 radical (unpaired) electrons. The van der Waals surface area contributed by atoms with Crippen LogP contribution in [0.15, 0.2) is 25.3 Å². The van der Waals surface area contributed by atoms with Crippen LogP contribution in [-0.2, 0) is 9.53 Å². The van der Waals surface area contributed by atoms with E-state index < -0.39 is 0 Å². The summed E-state index contributed by atoms with van der Waals surface area (Å²) in [6.07, 6.45) is 20.3. The number of rotatable bonds is 4. The molecule has 0 atom stereocenters. The van der Waals surface area contributed by atoms with E-state index in [9.17, 15) is 4.79 Å². The fourth-order valence-corrected chi connectivity index (χ4v) is 8.85. The van der Waals surface area contributed by atoms with Gasteiger partial charge >= 0.3 is 0 Å². The normalized spacial score (nSPS) is 50.8. The van der Waals surface area contributed by atoms with E-state index in [-0.39, 0.29) is 5.78 Å². The van der Waals surface area contributed by atoms with Crippen molar-refractivity contribution in [1.82, 2.24) is 0 Å². The molecule has 0 aromatic carbocycles. The molecule has 0 aromatic rings. The first-order chi connectivity index (χ1) is 13.0. The van der Waals surface area contributed by atoms with Crippen LogP contribution in [0.1, 0.15) is 77.0 Å². The van der Waals surface area contributed by atoms with Crippen molar-refractivity contribution in [3.8, 4) is 0 Å². The molecule has 0 unspecified atom stereocenters. The second-order valence-corrected chi connectivity index (χ2v) is 11.1. The molecule has 0 amide bonds. The molecule has 148 valence electrons. The average Bonchev–Trinajstić information content (AvgIpc) is 2.58. The van der Waals surface area contributed by atoms with Gasteiger partial charge in [0.05, 0.1) is 11.2 Å². The number of hydrogen-bond acceptors (Lipinski definition) is 2. The smallest absolute Gasteiger partial charge is 0.177 e. The molecule has 8 fully saturated rings. The van der Waals surface area contributed by atoms with Crippen LogP contribution >= 0.6 is 0 Å². The van der Waals surface area contributed by atoms with Gasteiger partial charge in [0, 0.05) is 0 Å². The highest BCUT2D eigenvalue weighted by molar-refractivity contribution is 5.98. The van der Waals surface area contributed by atoms with Crippen LogP contribution in [0.5, 0.6) is 0 Å². The van der Waals surface area contributed by atoms with Crippen LogP contribution in [-0.4, -0.2) is 17.0 Å². The van der Waals surface area contributed by atoms with Gasteiger partial charge in [0.25, 0.3) is 0 Å². The third-order valence-electron chi connectivity index (χ3n) is 8.80. The van der Waals surface area contributed by atoms with E-state index in [0.717, 1.165) is 35.5 Å². The van der Waals surface area contributed by atoms with E-state index in [1.165, 1.54) is 50.7 Å². The van der Waals surface area contributed by atoms with Crippen molar-refractivity contribution < 1.29 is 9.53 Å². The summed E-state index contributed by atoms with van der Waals surface area (Å²) in [5.41, 5.74) is 0.695. The van der Waals surface area contributed by atoms with E-state index in [2.05, 4.69) is 13.2 Å². The first-order valence-corrected chi connectivity index (χ1v) is 11.5. The number of carbonyl (C=O) groups is 1. The number of allylic oxidation sites excluding steroid dienone is 2. The Kier molecular flexibility index (Phi) is 4.42. The van der Waals surface area contributed by atoms with Crippen molar-refractivity contribution >= 4 is 5.78 Å². The Morgan fingerprint density at radius 3 is 1.07 bits per heavy atom. The maximum atomic E-state index is 9.94. The maximum absolute atomic E-state index is 9.94. The molecule has 0 N–H and O–H groups in total. The second kappa shape index (κ2) is 6.58. The Morgan fingerprint density at radius 1 is 0.630 bits per heavy atom. The first kappa shape index (κ1) is 18.2. The molecule has 0 spiro atoms. The van der Waals surface area contributed by atoms with E-state index in [1.807, 2.05) is 0 Å². The van der Waals surface area contributed by atoms with Gasteiger partial charge in [0.1, 0.15) is 0 Å². The van der Waals surface area contributed by atoms with Crippen LogP contribution in [0.4, 0.5) is 0 Å². The molecule has 2 nitrogen and oxygen atoms in total. The predicted octanol–water partition coefficient (Wildman–Crippen LogP) is 5.87. The van der Waals surface area contributed by atoms with E-state index in [4.69, 9.17) is 4.74 Å². The SMILES string of the molecule is C1C2CC3CC1CC(OC14CC5CC(CC(C5)C1)C4)(C2)C3.C=CC(=O)C=C. The molecule has 0 aliphatic heterocycles. The summed E-state index contributed by atoms with van der Waals surface area (Å²) in [5, 5.41) is 0. The summed E-state index contributed by atoms with van der Waals surface area (Å²) in [5.74, 6) is 6.07. The third-order valence-corrected chi connectivity index (χ3v) is 8.80. The summed E-state index contributed by atoms with van der Waals surface area (Å²) in [4.78, 5) is 9.94. The van der Waals surface area contributed by atoms with Gasteiger partial charge < -0.3 is 4.74 Å². The molecule has 8 aliphatic rings. The summed E-state index contributed by atoms with van der Waals surface area (Å²) in [6, 6.07) is 0. The van der Waals surface area contributed by atoms with Gasteiger partial charge in [0.2, 0.25) is 0 Å². The number of carbonyl (C=O) groups excluding carboxylic acids is 1. The molecule has 8 aliphatic carbocycles. The van der Waals surface area contributed by atoms with Gasteiger partial charge in [-0.1, -0.05) is 13.2 Å². The fourth-order valence-electron chi connectivity index (χ4n) is 8.85. The number of ketones is 1. The van der Waals surface area contributed by atoms with E-state index in [1.54, 1.807) is 38.5 Å². The summed E-state index contributed by atoms with van der Waals surface area (Å²) in [7, 11) is 0. The molecular weight excluding hydrogens is 332 g/mol. The van der Waals surface area contributed by atoms with Gasteiger partial charge in [-0.05, 0) is 125 Å². The van der Waals surface area contributed by atoms with Crippen molar-refractivity contribution in [2.45, 2.75) is 88.3 Å². The maximum Gasteiger partial charge on any atom is 0.177 e. The van der Waals surface area contributed by atoms with Crippen molar-refractivity contribution in [2.24, 2.45) is 35.5 Å². The topological polar surface area (TPSA) is 26.3 Å². The molecule has 0 heterocycles. The van der Waals surface area contributed by atoms with Gasteiger partial charge in [-0.15, -0.1) is 0 Å². The molecule has 8 rings (SSSR count). The standard InChI is InChI=1S/C20H30O.C5H6O/c1-13-2-15-3-14(1)8-19(7-13,9-15)21-20-10-16-4-17(11-20)6-18(5-16)12-20;1-3-5(6)4-2/h13-18H,1-12H2;3-4H,1-2H2. The van der Waals surface area contributed by atoms with Crippen molar-refractivity contribution in [3.63, 3.8) is 0 Å². The summed E-state index contributed by atoms with van der Waals surface area (Å²) < 4.78 is 7.25. The van der Waals surface area contributed by atoms with Crippen molar-refractivity contribution in [3.05, 3.63) is 25.3 Å². The Balaban J connectivity index is 0.000000236. The molecule has 27 heavy (non-hydrogen) atoms. The Hall–Kier alpha value is -0.890. The lowest BCUT2D eigenvalue weighted by Crippen LogP contribution is -2.60. The minimum Gasteiger partial charge on any atom is -0.368 e. The van der Waals surface area contributed by atoms with Gasteiger partial charge in [-0.2, -0.15) is 0 Å². The Morgan fingerprint density at radius 2 is 0.889 bits per heavy atom. The van der Waals surface area contributed by atoms with Crippen LogP contribution in [0, 0.1) is 35.5 Å². The van der Waals surface area contributed by atoms with E-state index in [0.29, 0.717) is 11.2 Å². The molecule has 8 saturated carbocycles. The highest BCUT2D eigenvalue weighted by Crippen LogP contribution is 2.63. The zero-order chi connectivity index (χ0) is 18.6. The minimum atomic E-state index is -0.130. The molecule has 0 saturated heterocycles. The molecular formula is C25H36O2. The van der Waals surface area contributed by atoms with Gasteiger partial charge in [0.15, 0.2) is 5.78 Å². The lowest BCUT2D eigenvalue weighted by Gasteiger charge is -2.63. The van der Waals surface area contributed by atoms with Crippen LogP contribution < -0.4 is 0 Å². The highest BCUT2D eigenvalue weighted by atomic mass is 16.5. The fraction of sp³-hybridized carbons (Fsp3) is 0.800. The quantitative estimate of drug-likeness (QED) is 0.580. The van der Waals surface area contributed by atoms with Crippen molar-refractivity contribution in [2.75, 3.05) is 0 Å². The largest absolute Gasteiger partial charge is 0.368 e. The molecule has 8 bridgehead atoms. The first-order valence-electron chi connectivity index (χ1n) is 11.5. The number of ether oxygens (including phenoxy) is 1. The molecule has 2 heteroatoms. The lowest BCUT2D eigenvalue weighted by molar-refractivity contribution is -0.265. The highest BCUT2D eigenvalue weighted by Gasteiger charge is 2.58. The third kappa shape index (κ3) is 3.37. The van der Waals surface area contributed by atoms with Gasteiger partial charge in [-0.3, -0.25) is 4.79 Å². The Bertz CT molecular complexity index is 508. The van der Waals surface area contributed by atoms with Crippen LogP contribution in [0.25, 0.3) is 0 Å². The zero-order valence-corrected chi connectivity index (χ0v) is 16.8. The summed E-state index contributed by atoms with van der Waals surface area (Å²) in [6.45, 7) is 6.42. The van der Waals surface area contributed by atoms with E-state index >= 15 is 0 Å². The number of hydrogen-bond donors (Lipinski definition) is 0. The predicted molar refractivity (Wildman–Crippen MR) is 108 cm³/mol. The van der Waals surface area contributed by atoms with Crippen LogP contribution in [0.3, 0.4) is 0 Å². The van der Waals surface area contributed by atoms with Gasteiger partial charge in [-0.25, -0.2) is 0 Å². The van der Waals surface area contributed by atoms with Crippen molar-refractivity contribution in [1.29, 1.82) is 0 Å². The monoisotopic (exact) mass is 368 g/mol.